The van der Waals surface area contributed by atoms with E-state index in [0.717, 1.165) is 17.1 Å². The highest BCUT2D eigenvalue weighted by Gasteiger charge is 2.15. The average molecular weight is 263 g/mol. The van der Waals surface area contributed by atoms with Crippen LogP contribution >= 0.6 is 11.8 Å². The normalized spacial score (nSPS) is 13.4. The Morgan fingerprint density at radius 1 is 1.28 bits per heavy atom. The molecule has 0 spiro atoms. The zero-order chi connectivity index (χ0) is 13.1. The SMILES string of the molecule is CNC(CSC(C)C)c1cc2cc(C)ccc2o1. The second-order valence-corrected chi connectivity index (χ2v) is 6.52. The summed E-state index contributed by atoms with van der Waals surface area (Å²) in [5.41, 5.74) is 2.25. The van der Waals surface area contributed by atoms with Gasteiger partial charge in [-0.1, -0.05) is 25.5 Å². The van der Waals surface area contributed by atoms with Gasteiger partial charge in [0.25, 0.3) is 0 Å². The first-order valence-electron chi connectivity index (χ1n) is 6.39. The third-order valence-electron chi connectivity index (χ3n) is 2.98. The van der Waals surface area contributed by atoms with E-state index in [1.807, 2.05) is 18.8 Å². The van der Waals surface area contributed by atoms with E-state index in [9.17, 15) is 0 Å². The number of thioether (sulfide) groups is 1. The lowest BCUT2D eigenvalue weighted by Crippen LogP contribution is -2.18. The van der Waals surface area contributed by atoms with Crippen LogP contribution in [0.15, 0.2) is 28.7 Å². The molecule has 98 valence electrons. The second kappa shape index (κ2) is 5.81. The largest absolute Gasteiger partial charge is 0.459 e. The Balaban J connectivity index is 2.22. The molecule has 0 radical (unpaired) electrons. The van der Waals surface area contributed by atoms with E-state index in [1.165, 1.54) is 10.9 Å². The molecular weight excluding hydrogens is 242 g/mol. The number of rotatable bonds is 5. The number of hydrogen-bond donors (Lipinski definition) is 1. The molecule has 0 amide bonds. The van der Waals surface area contributed by atoms with Crippen LogP contribution in [0.5, 0.6) is 0 Å². The van der Waals surface area contributed by atoms with Crippen LogP contribution in [0, 0.1) is 6.92 Å². The molecule has 1 aromatic carbocycles. The predicted molar refractivity (Wildman–Crippen MR) is 80.3 cm³/mol. The van der Waals surface area contributed by atoms with Crippen molar-refractivity contribution in [3.05, 3.63) is 35.6 Å². The minimum Gasteiger partial charge on any atom is -0.459 e. The molecule has 0 aliphatic heterocycles. The summed E-state index contributed by atoms with van der Waals surface area (Å²) in [5.74, 6) is 2.07. The highest BCUT2D eigenvalue weighted by atomic mass is 32.2. The summed E-state index contributed by atoms with van der Waals surface area (Å²) >= 11 is 1.95. The molecule has 0 aliphatic rings. The molecule has 0 saturated carbocycles. The van der Waals surface area contributed by atoms with Gasteiger partial charge in [0.1, 0.15) is 11.3 Å². The summed E-state index contributed by atoms with van der Waals surface area (Å²) in [6, 6.07) is 8.75. The minimum absolute atomic E-state index is 0.283. The molecule has 0 aliphatic carbocycles. The lowest BCUT2D eigenvalue weighted by molar-refractivity contribution is 0.479. The van der Waals surface area contributed by atoms with E-state index < -0.39 is 0 Å². The summed E-state index contributed by atoms with van der Waals surface area (Å²) in [6.45, 7) is 6.55. The fraction of sp³-hybridized carbons (Fsp3) is 0.467. The quantitative estimate of drug-likeness (QED) is 0.877. The van der Waals surface area contributed by atoms with Crippen molar-refractivity contribution in [3.8, 4) is 0 Å². The molecule has 3 heteroatoms. The minimum atomic E-state index is 0.283. The van der Waals surface area contributed by atoms with E-state index in [2.05, 4.69) is 50.4 Å². The van der Waals surface area contributed by atoms with Crippen LogP contribution in [-0.2, 0) is 0 Å². The predicted octanol–water partition coefficient (Wildman–Crippen LogP) is 4.14. The summed E-state index contributed by atoms with van der Waals surface area (Å²) in [6.07, 6.45) is 0. The third kappa shape index (κ3) is 3.09. The van der Waals surface area contributed by atoms with Crippen molar-refractivity contribution in [2.75, 3.05) is 12.8 Å². The fourth-order valence-corrected chi connectivity index (χ4v) is 2.86. The van der Waals surface area contributed by atoms with E-state index in [4.69, 9.17) is 4.42 Å². The number of hydrogen-bond acceptors (Lipinski definition) is 3. The van der Waals surface area contributed by atoms with Gasteiger partial charge in [-0.25, -0.2) is 0 Å². The van der Waals surface area contributed by atoms with Crippen LogP contribution in [0.1, 0.15) is 31.2 Å². The molecule has 1 atom stereocenters. The molecule has 2 rings (SSSR count). The number of nitrogens with one attached hydrogen (secondary N) is 1. The molecule has 1 heterocycles. The van der Waals surface area contributed by atoms with Crippen LogP contribution in [0.4, 0.5) is 0 Å². The Bertz CT molecular complexity index is 518. The van der Waals surface area contributed by atoms with Gasteiger partial charge in [0, 0.05) is 11.1 Å². The van der Waals surface area contributed by atoms with Gasteiger partial charge < -0.3 is 9.73 Å². The topological polar surface area (TPSA) is 25.2 Å². The van der Waals surface area contributed by atoms with E-state index in [-0.39, 0.29) is 6.04 Å². The van der Waals surface area contributed by atoms with Crippen LogP contribution in [0.3, 0.4) is 0 Å². The van der Waals surface area contributed by atoms with E-state index in [0.29, 0.717) is 5.25 Å². The molecule has 1 unspecified atom stereocenters. The van der Waals surface area contributed by atoms with Gasteiger partial charge in [-0.3, -0.25) is 0 Å². The maximum atomic E-state index is 5.93. The molecular formula is C15H21NOS. The van der Waals surface area contributed by atoms with Crippen molar-refractivity contribution in [2.24, 2.45) is 0 Å². The Labute approximate surface area is 113 Å². The van der Waals surface area contributed by atoms with Gasteiger partial charge >= 0.3 is 0 Å². The second-order valence-electron chi connectivity index (χ2n) is 4.91. The summed E-state index contributed by atoms with van der Waals surface area (Å²) in [5, 5.41) is 5.17. The van der Waals surface area contributed by atoms with Crippen molar-refractivity contribution >= 4 is 22.7 Å². The Hall–Kier alpha value is -0.930. The summed E-state index contributed by atoms with van der Waals surface area (Å²) < 4.78 is 5.93. The number of aryl methyl sites for hydroxylation is 1. The first-order valence-corrected chi connectivity index (χ1v) is 7.44. The van der Waals surface area contributed by atoms with E-state index in [1.54, 1.807) is 0 Å². The summed E-state index contributed by atoms with van der Waals surface area (Å²) in [7, 11) is 1.99. The zero-order valence-electron chi connectivity index (χ0n) is 11.5. The van der Waals surface area contributed by atoms with Gasteiger partial charge in [-0.05, 0) is 37.4 Å². The van der Waals surface area contributed by atoms with Crippen molar-refractivity contribution in [1.29, 1.82) is 0 Å². The number of furan rings is 1. The lowest BCUT2D eigenvalue weighted by atomic mass is 10.1. The molecule has 2 aromatic rings. The van der Waals surface area contributed by atoms with Gasteiger partial charge in [-0.15, -0.1) is 0 Å². The Morgan fingerprint density at radius 3 is 2.72 bits per heavy atom. The molecule has 0 saturated heterocycles. The Kier molecular flexibility index (Phi) is 4.36. The van der Waals surface area contributed by atoms with Crippen LogP contribution in [0.25, 0.3) is 11.0 Å². The van der Waals surface area contributed by atoms with Crippen molar-refractivity contribution in [1.82, 2.24) is 5.32 Å². The van der Waals surface area contributed by atoms with Gasteiger partial charge in [0.05, 0.1) is 6.04 Å². The van der Waals surface area contributed by atoms with Crippen LogP contribution < -0.4 is 5.32 Å². The van der Waals surface area contributed by atoms with E-state index >= 15 is 0 Å². The maximum absolute atomic E-state index is 5.93. The molecule has 1 aromatic heterocycles. The maximum Gasteiger partial charge on any atom is 0.134 e. The molecule has 0 fully saturated rings. The van der Waals surface area contributed by atoms with Crippen molar-refractivity contribution < 1.29 is 4.42 Å². The van der Waals surface area contributed by atoms with Gasteiger partial charge in [0.15, 0.2) is 0 Å². The highest BCUT2D eigenvalue weighted by Crippen LogP contribution is 2.27. The number of fused-ring (bicyclic) bond motifs is 1. The zero-order valence-corrected chi connectivity index (χ0v) is 12.3. The first kappa shape index (κ1) is 13.5. The highest BCUT2D eigenvalue weighted by molar-refractivity contribution is 7.99. The average Bonchev–Trinajstić information content (AvgIpc) is 2.72. The van der Waals surface area contributed by atoms with Gasteiger partial charge in [-0.2, -0.15) is 11.8 Å². The molecule has 2 nitrogen and oxygen atoms in total. The lowest BCUT2D eigenvalue weighted by Gasteiger charge is -2.14. The van der Waals surface area contributed by atoms with Gasteiger partial charge in [0.2, 0.25) is 0 Å². The number of benzene rings is 1. The fourth-order valence-electron chi connectivity index (χ4n) is 1.95. The summed E-state index contributed by atoms with van der Waals surface area (Å²) in [4.78, 5) is 0. The molecule has 18 heavy (non-hydrogen) atoms. The molecule has 1 N–H and O–H groups in total. The first-order chi connectivity index (χ1) is 8.60. The van der Waals surface area contributed by atoms with Crippen LogP contribution in [-0.4, -0.2) is 18.1 Å². The third-order valence-corrected chi connectivity index (χ3v) is 4.17. The molecule has 0 bridgehead atoms. The smallest absolute Gasteiger partial charge is 0.134 e. The van der Waals surface area contributed by atoms with Crippen molar-refractivity contribution in [3.63, 3.8) is 0 Å². The van der Waals surface area contributed by atoms with Crippen LogP contribution in [0.2, 0.25) is 0 Å². The van der Waals surface area contributed by atoms with Crippen molar-refractivity contribution in [2.45, 2.75) is 32.1 Å². The Morgan fingerprint density at radius 2 is 2.06 bits per heavy atom. The standard InChI is InChI=1S/C15H21NOS/c1-10(2)18-9-13(16-4)15-8-12-7-11(3)5-6-14(12)17-15/h5-8,10,13,16H,9H2,1-4H3. The monoisotopic (exact) mass is 263 g/mol.